The zero-order chi connectivity index (χ0) is 17.8. The summed E-state index contributed by atoms with van der Waals surface area (Å²) in [5.41, 5.74) is 6.57. The van der Waals surface area contributed by atoms with Gasteiger partial charge in [0.2, 0.25) is 7.37 Å². The number of carbonyl (C=O) groups is 1. The highest BCUT2D eigenvalue weighted by molar-refractivity contribution is 7.61. The fourth-order valence-corrected chi connectivity index (χ4v) is 5.58. The molecule has 1 saturated heterocycles. The van der Waals surface area contributed by atoms with Crippen molar-refractivity contribution in [3.8, 4) is 0 Å². The van der Waals surface area contributed by atoms with Crippen LogP contribution in [0.2, 0.25) is 0 Å². The third-order valence-corrected chi connectivity index (χ3v) is 7.80. The van der Waals surface area contributed by atoms with E-state index in [0.29, 0.717) is 25.9 Å². The minimum Gasteiger partial charge on any atom is -0.480 e. The van der Waals surface area contributed by atoms with Gasteiger partial charge in [0.15, 0.2) is 5.16 Å². The van der Waals surface area contributed by atoms with Gasteiger partial charge in [-0.2, -0.15) is 0 Å². The van der Waals surface area contributed by atoms with E-state index in [1.807, 2.05) is 42.2 Å². The number of hydrogen-bond donors (Lipinski definition) is 3. The first-order valence-electron chi connectivity index (χ1n) is 8.38. The summed E-state index contributed by atoms with van der Waals surface area (Å²) in [7, 11) is -3.77. The first kappa shape index (κ1) is 19.1. The Labute approximate surface area is 143 Å². The van der Waals surface area contributed by atoms with Gasteiger partial charge in [0, 0.05) is 25.3 Å². The van der Waals surface area contributed by atoms with Crippen molar-refractivity contribution in [2.75, 3.05) is 25.8 Å². The number of aliphatic carboxylic acids is 1. The molecule has 1 fully saturated rings. The van der Waals surface area contributed by atoms with Crippen LogP contribution in [0, 0.1) is 0 Å². The quantitative estimate of drug-likeness (QED) is 0.513. The number of carboxylic acid groups (broad SMARTS) is 1. The van der Waals surface area contributed by atoms with Crippen molar-refractivity contribution < 1.29 is 19.4 Å². The molecule has 0 amide bonds. The lowest BCUT2D eigenvalue weighted by Crippen LogP contribution is -2.54. The molecule has 0 aromatic heterocycles. The molecule has 7 heteroatoms. The van der Waals surface area contributed by atoms with Crippen LogP contribution in [-0.4, -0.2) is 51.8 Å². The summed E-state index contributed by atoms with van der Waals surface area (Å²) in [6, 6.07) is 9.81. The summed E-state index contributed by atoms with van der Waals surface area (Å²) in [5, 5.41) is 8.21. The molecular formula is C17H27N2O4P. The Morgan fingerprint density at radius 2 is 2.04 bits per heavy atom. The molecule has 0 saturated carbocycles. The van der Waals surface area contributed by atoms with Gasteiger partial charge >= 0.3 is 5.97 Å². The van der Waals surface area contributed by atoms with Crippen LogP contribution in [-0.2, 0) is 9.36 Å². The van der Waals surface area contributed by atoms with E-state index in [2.05, 4.69) is 0 Å². The highest BCUT2D eigenvalue weighted by atomic mass is 31.2. The van der Waals surface area contributed by atoms with Crippen molar-refractivity contribution in [2.24, 2.45) is 5.73 Å². The molecule has 0 aliphatic carbocycles. The van der Waals surface area contributed by atoms with Gasteiger partial charge in [-0.3, -0.25) is 14.3 Å². The van der Waals surface area contributed by atoms with Gasteiger partial charge in [0.05, 0.1) is 0 Å². The summed E-state index contributed by atoms with van der Waals surface area (Å²) in [4.78, 5) is 24.5. The lowest BCUT2D eigenvalue weighted by molar-refractivity contribution is -0.141. The summed E-state index contributed by atoms with van der Waals surface area (Å²) in [5.74, 6) is -1.17. The Hall–Kier alpha value is -1.20. The molecule has 1 heterocycles. The van der Waals surface area contributed by atoms with Crippen molar-refractivity contribution in [1.82, 2.24) is 4.90 Å². The van der Waals surface area contributed by atoms with Crippen LogP contribution < -0.4 is 5.73 Å². The molecule has 6 nitrogen and oxygen atoms in total. The van der Waals surface area contributed by atoms with Crippen molar-refractivity contribution in [3.05, 3.63) is 35.9 Å². The number of hydrogen-bond acceptors (Lipinski definition) is 4. The van der Waals surface area contributed by atoms with Crippen LogP contribution in [0.1, 0.15) is 37.8 Å². The van der Waals surface area contributed by atoms with E-state index in [9.17, 15) is 19.4 Å². The number of benzene rings is 1. The number of nitrogens with two attached hydrogens (primary N) is 1. The van der Waals surface area contributed by atoms with Crippen LogP contribution in [0.25, 0.3) is 0 Å². The summed E-state index contributed by atoms with van der Waals surface area (Å²) in [6.07, 6.45) is 1.40. The molecule has 0 bridgehead atoms. The molecule has 1 aliphatic heterocycles. The van der Waals surface area contributed by atoms with Crippen molar-refractivity contribution in [1.29, 1.82) is 0 Å². The molecule has 3 unspecified atom stereocenters. The Kier molecular flexibility index (Phi) is 6.21. The maximum Gasteiger partial charge on any atom is 0.320 e. The average Bonchev–Trinajstić information content (AvgIpc) is 2.56. The van der Waals surface area contributed by atoms with Gasteiger partial charge in [-0.1, -0.05) is 36.8 Å². The first-order valence-corrected chi connectivity index (χ1v) is 10.2. The number of rotatable bonds is 7. The fourth-order valence-electron chi connectivity index (χ4n) is 3.42. The highest BCUT2D eigenvalue weighted by Crippen LogP contribution is 2.59. The molecule has 1 aromatic carbocycles. The van der Waals surface area contributed by atoms with Crippen LogP contribution in [0.3, 0.4) is 0 Å². The van der Waals surface area contributed by atoms with Crippen LogP contribution in [0.5, 0.6) is 0 Å². The molecule has 1 aliphatic rings. The normalized spacial score (nSPS) is 29.3. The zero-order valence-corrected chi connectivity index (χ0v) is 15.0. The van der Waals surface area contributed by atoms with E-state index in [1.165, 1.54) is 0 Å². The Morgan fingerprint density at radius 1 is 1.38 bits per heavy atom. The maximum absolute atomic E-state index is 12.7. The SMILES string of the molecule is CC(c1ccccc1)N1CCP(=O)(O)C(CCCCN)(C(=O)O)C1. The third kappa shape index (κ3) is 3.72. The lowest BCUT2D eigenvalue weighted by atomic mass is 9.97. The maximum atomic E-state index is 12.7. The van der Waals surface area contributed by atoms with E-state index in [-0.39, 0.29) is 25.2 Å². The predicted octanol–water partition coefficient (Wildman–Crippen LogP) is 2.29. The van der Waals surface area contributed by atoms with Crippen LogP contribution >= 0.6 is 7.37 Å². The second-order valence-corrected chi connectivity index (χ2v) is 9.27. The smallest absolute Gasteiger partial charge is 0.320 e. The van der Waals surface area contributed by atoms with Gasteiger partial charge in [-0.25, -0.2) is 0 Å². The van der Waals surface area contributed by atoms with E-state index >= 15 is 0 Å². The molecule has 2 rings (SSSR count). The Bertz CT molecular complexity index is 610. The molecule has 3 atom stereocenters. The van der Waals surface area contributed by atoms with E-state index in [4.69, 9.17) is 5.73 Å². The van der Waals surface area contributed by atoms with Crippen molar-refractivity contribution in [2.45, 2.75) is 37.4 Å². The molecule has 24 heavy (non-hydrogen) atoms. The van der Waals surface area contributed by atoms with Gasteiger partial charge in [0.1, 0.15) is 0 Å². The predicted molar refractivity (Wildman–Crippen MR) is 94.4 cm³/mol. The minimum absolute atomic E-state index is 0.000247. The zero-order valence-electron chi connectivity index (χ0n) is 14.1. The molecular weight excluding hydrogens is 327 g/mol. The van der Waals surface area contributed by atoms with E-state index in [0.717, 1.165) is 5.56 Å². The van der Waals surface area contributed by atoms with Crippen molar-refractivity contribution >= 4 is 13.3 Å². The highest BCUT2D eigenvalue weighted by Gasteiger charge is 2.56. The number of carboxylic acids is 1. The molecule has 134 valence electrons. The summed E-state index contributed by atoms with van der Waals surface area (Å²) in [6.45, 7) is 2.98. The third-order valence-electron chi connectivity index (χ3n) is 5.10. The van der Waals surface area contributed by atoms with Crippen LogP contribution in [0.15, 0.2) is 30.3 Å². The minimum atomic E-state index is -3.77. The van der Waals surface area contributed by atoms with E-state index in [1.54, 1.807) is 0 Å². The molecule has 0 radical (unpaired) electrons. The largest absolute Gasteiger partial charge is 0.480 e. The van der Waals surface area contributed by atoms with Gasteiger partial charge in [0.25, 0.3) is 0 Å². The summed E-state index contributed by atoms with van der Waals surface area (Å²) >= 11 is 0. The van der Waals surface area contributed by atoms with Crippen molar-refractivity contribution in [3.63, 3.8) is 0 Å². The fraction of sp³-hybridized carbons (Fsp3) is 0.588. The lowest BCUT2D eigenvalue weighted by Gasteiger charge is -2.45. The molecule has 4 N–H and O–H groups in total. The topological polar surface area (TPSA) is 104 Å². The Morgan fingerprint density at radius 3 is 2.62 bits per heavy atom. The second kappa shape index (κ2) is 7.79. The molecule has 1 aromatic rings. The van der Waals surface area contributed by atoms with Gasteiger partial charge in [-0.15, -0.1) is 0 Å². The first-order chi connectivity index (χ1) is 11.3. The number of nitrogens with zero attached hydrogens (tertiary/aromatic N) is 1. The van der Waals surface area contributed by atoms with Gasteiger partial charge in [-0.05, 0) is 31.9 Å². The summed E-state index contributed by atoms with van der Waals surface area (Å²) < 4.78 is 12.7. The number of unbranched alkanes of at least 4 members (excludes halogenated alkanes) is 1. The van der Waals surface area contributed by atoms with E-state index < -0.39 is 18.5 Å². The van der Waals surface area contributed by atoms with Crippen LogP contribution in [0.4, 0.5) is 0 Å². The van der Waals surface area contributed by atoms with Gasteiger partial charge < -0.3 is 15.7 Å². The monoisotopic (exact) mass is 354 g/mol. The second-order valence-electron chi connectivity index (χ2n) is 6.56. The average molecular weight is 354 g/mol. The Balaban J connectivity index is 2.26. The standard InChI is InChI=1S/C17H27N2O4P/c1-14(15-7-3-2-4-8-15)19-11-12-24(22,23)17(13-19,16(20)21)9-5-6-10-18/h2-4,7-8,14H,5-6,9-13,18H2,1H3,(H,20,21)(H,22,23). The molecule has 0 spiro atoms.